The summed E-state index contributed by atoms with van der Waals surface area (Å²) in [6.07, 6.45) is 4.30. The van der Waals surface area contributed by atoms with Gasteiger partial charge in [-0.1, -0.05) is 60.7 Å². The summed E-state index contributed by atoms with van der Waals surface area (Å²) in [6.45, 7) is 0.467. The number of para-hydroxylation sites is 3. The highest BCUT2D eigenvalue weighted by Crippen LogP contribution is 2.28. The van der Waals surface area contributed by atoms with Gasteiger partial charge in [-0.15, -0.1) is 0 Å². The van der Waals surface area contributed by atoms with Crippen LogP contribution in [0.15, 0.2) is 90.2 Å². The van der Waals surface area contributed by atoms with Crippen molar-refractivity contribution < 1.29 is 4.79 Å². The number of rotatable bonds is 6. The first-order chi connectivity index (χ1) is 17.7. The maximum absolute atomic E-state index is 13.3. The second-order valence-corrected chi connectivity index (χ2v) is 8.48. The van der Waals surface area contributed by atoms with Gasteiger partial charge in [0.15, 0.2) is 5.65 Å². The minimum atomic E-state index is -0.306. The van der Waals surface area contributed by atoms with Gasteiger partial charge in [0.05, 0.1) is 17.2 Å². The lowest BCUT2D eigenvalue weighted by atomic mass is 10.1. The van der Waals surface area contributed by atoms with Gasteiger partial charge >= 0.3 is 0 Å². The van der Waals surface area contributed by atoms with Crippen LogP contribution >= 0.6 is 0 Å². The Balaban J connectivity index is 1.40. The third-order valence-electron chi connectivity index (χ3n) is 6.18. The normalized spacial score (nSPS) is 11.7. The zero-order valence-corrected chi connectivity index (χ0v) is 19.3. The number of nitrogen functional groups attached to an aromatic ring is 1. The number of carbonyl (C=O) groups is 1. The van der Waals surface area contributed by atoms with Gasteiger partial charge in [0, 0.05) is 29.2 Å². The number of nitrogens with two attached hydrogens (primary N) is 1. The molecule has 0 aliphatic heterocycles. The molecule has 1 amide bonds. The van der Waals surface area contributed by atoms with Crippen molar-refractivity contribution in [3.63, 3.8) is 0 Å². The van der Waals surface area contributed by atoms with E-state index in [1.54, 1.807) is 6.21 Å². The van der Waals surface area contributed by atoms with E-state index in [4.69, 9.17) is 15.7 Å². The molecule has 8 nitrogen and oxygen atoms in total. The molecule has 6 rings (SSSR count). The van der Waals surface area contributed by atoms with Gasteiger partial charge in [-0.05, 0) is 30.2 Å². The number of fused-ring (bicyclic) bond motifs is 3. The molecule has 3 aromatic carbocycles. The van der Waals surface area contributed by atoms with Crippen molar-refractivity contribution in [1.29, 1.82) is 0 Å². The second kappa shape index (κ2) is 8.99. The van der Waals surface area contributed by atoms with Crippen LogP contribution in [-0.2, 0) is 6.42 Å². The van der Waals surface area contributed by atoms with E-state index in [2.05, 4.69) is 15.4 Å². The highest BCUT2D eigenvalue weighted by molar-refractivity contribution is 6.11. The number of nitrogens with one attached hydrogen (secondary N) is 2. The molecular formula is C28H23N7O. The molecule has 0 aliphatic carbocycles. The number of hydrogen-bond acceptors (Lipinski definition) is 5. The number of nitrogens with zero attached hydrogens (tertiary/aromatic N) is 4. The number of hydrogen-bond donors (Lipinski definition) is 3. The quantitative estimate of drug-likeness (QED) is 0.309. The Bertz CT molecular complexity index is 1750. The van der Waals surface area contributed by atoms with Crippen LogP contribution in [0.5, 0.6) is 0 Å². The Morgan fingerprint density at radius 2 is 1.69 bits per heavy atom. The molecule has 3 aromatic heterocycles. The number of aromatic nitrogens is 4. The molecule has 36 heavy (non-hydrogen) atoms. The van der Waals surface area contributed by atoms with E-state index >= 15 is 0 Å². The van der Waals surface area contributed by atoms with Crippen LogP contribution in [0.4, 0.5) is 5.82 Å². The molecule has 176 valence electrons. The molecule has 0 radical (unpaired) electrons. The molecule has 4 N–H and O–H groups in total. The molecule has 6 aromatic rings. The van der Waals surface area contributed by atoms with Crippen molar-refractivity contribution in [2.75, 3.05) is 12.3 Å². The van der Waals surface area contributed by atoms with Gasteiger partial charge in [-0.3, -0.25) is 4.79 Å². The van der Waals surface area contributed by atoms with Crippen LogP contribution in [0.25, 0.3) is 33.1 Å². The smallest absolute Gasteiger partial charge is 0.257 e. The van der Waals surface area contributed by atoms with Crippen LogP contribution in [-0.4, -0.2) is 38.3 Å². The highest BCUT2D eigenvalue weighted by atomic mass is 16.1. The van der Waals surface area contributed by atoms with Gasteiger partial charge < -0.3 is 16.0 Å². The van der Waals surface area contributed by atoms with E-state index in [0.717, 1.165) is 22.0 Å². The van der Waals surface area contributed by atoms with Crippen molar-refractivity contribution in [2.45, 2.75) is 6.42 Å². The summed E-state index contributed by atoms with van der Waals surface area (Å²) in [6, 6.07) is 25.5. The Kier molecular flexibility index (Phi) is 5.38. The van der Waals surface area contributed by atoms with Gasteiger partial charge in [0.1, 0.15) is 16.9 Å². The average molecular weight is 474 g/mol. The summed E-state index contributed by atoms with van der Waals surface area (Å²) in [5.41, 5.74) is 12.1. The van der Waals surface area contributed by atoms with E-state index in [1.165, 1.54) is 4.68 Å². The fourth-order valence-electron chi connectivity index (χ4n) is 4.36. The summed E-state index contributed by atoms with van der Waals surface area (Å²) in [5.74, 6) is -0.118. The van der Waals surface area contributed by atoms with E-state index in [-0.39, 0.29) is 17.3 Å². The first-order valence-electron chi connectivity index (χ1n) is 11.7. The lowest BCUT2D eigenvalue weighted by Crippen LogP contribution is -2.26. The summed E-state index contributed by atoms with van der Waals surface area (Å²) in [4.78, 5) is 26.0. The molecule has 0 unspecified atom stereocenters. The third-order valence-corrected chi connectivity index (χ3v) is 6.18. The van der Waals surface area contributed by atoms with Crippen molar-refractivity contribution in [2.24, 2.45) is 5.10 Å². The molecular weight excluding hydrogens is 450 g/mol. The first-order valence-corrected chi connectivity index (χ1v) is 11.7. The fourth-order valence-corrected chi connectivity index (χ4v) is 4.36. The topological polar surface area (TPSA) is 114 Å². The monoisotopic (exact) mass is 473 g/mol. The summed E-state index contributed by atoms with van der Waals surface area (Å²) in [7, 11) is 0. The molecule has 3 heterocycles. The SMILES string of the molecule is Nc1c(C(=O)NCCc2ccccc2)c2nc3ccccc3nc2n1/N=C/c1c[nH]c2ccccc12. The predicted octanol–water partition coefficient (Wildman–Crippen LogP) is 4.50. The van der Waals surface area contributed by atoms with Crippen LogP contribution < -0.4 is 11.1 Å². The van der Waals surface area contributed by atoms with Gasteiger partial charge in [-0.2, -0.15) is 9.78 Å². The minimum Gasteiger partial charge on any atom is -0.383 e. The summed E-state index contributed by atoms with van der Waals surface area (Å²) >= 11 is 0. The number of amides is 1. The lowest BCUT2D eigenvalue weighted by Gasteiger charge is -2.05. The zero-order chi connectivity index (χ0) is 24.5. The molecule has 8 heteroatoms. The molecule has 0 fully saturated rings. The van der Waals surface area contributed by atoms with E-state index in [9.17, 15) is 4.79 Å². The number of aromatic amines is 1. The Hall–Kier alpha value is -4.98. The lowest BCUT2D eigenvalue weighted by molar-refractivity contribution is 0.0956. The molecule has 0 saturated carbocycles. The van der Waals surface area contributed by atoms with Crippen molar-refractivity contribution in [1.82, 2.24) is 24.9 Å². The molecule has 0 spiro atoms. The zero-order valence-electron chi connectivity index (χ0n) is 19.3. The number of H-pyrrole nitrogens is 1. The maximum atomic E-state index is 13.3. The fraction of sp³-hybridized carbons (Fsp3) is 0.0714. The minimum absolute atomic E-state index is 0.189. The average Bonchev–Trinajstić information content (AvgIpc) is 3.44. The van der Waals surface area contributed by atoms with Crippen LogP contribution in [0.3, 0.4) is 0 Å². The Labute approximate surface area is 206 Å². The van der Waals surface area contributed by atoms with Crippen LogP contribution in [0, 0.1) is 0 Å². The van der Waals surface area contributed by atoms with Gasteiger partial charge in [0.2, 0.25) is 0 Å². The summed E-state index contributed by atoms with van der Waals surface area (Å²) < 4.78 is 1.49. The summed E-state index contributed by atoms with van der Waals surface area (Å²) in [5, 5.41) is 8.64. The van der Waals surface area contributed by atoms with Crippen molar-refractivity contribution in [3.05, 3.63) is 102 Å². The van der Waals surface area contributed by atoms with Gasteiger partial charge in [0.25, 0.3) is 5.91 Å². The molecule has 0 atom stereocenters. The Morgan fingerprint density at radius 3 is 2.53 bits per heavy atom. The standard InChI is InChI=1S/C28H23N7O/c29-26-24(28(36)30-15-14-18-8-2-1-3-9-18)25-27(34-23-13-7-6-12-22(23)33-25)35(26)32-17-19-16-31-21-11-5-4-10-20(19)21/h1-13,16-17,31H,14-15,29H2,(H,30,36)/b32-17+. The second-order valence-electron chi connectivity index (χ2n) is 8.48. The first kappa shape index (κ1) is 21.5. The third kappa shape index (κ3) is 3.84. The van der Waals surface area contributed by atoms with Gasteiger partial charge in [-0.25, -0.2) is 9.97 Å². The maximum Gasteiger partial charge on any atom is 0.257 e. The van der Waals surface area contributed by atoms with Crippen molar-refractivity contribution in [3.8, 4) is 0 Å². The number of carbonyl (C=O) groups excluding carboxylic acids is 1. The largest absolute Gasteiger partial charge is 0.383 e. The van der Waals surface area contributed by atoms with E-state index in [0.29, 0.717) is 35.2 Å². The number of anilines is 1. The molecule has 0 saturated heterocycles. The predicted molar refractivity (Wildman–Crippen MR) is 143 cm³/mol. The Morgan fingerprint density at radius 1 is 0.972 bits per heavy atom. The van der Waals surface area contributed by atoms with Crippen LogP contribution in [0.2, 0.25) is 0 Å². The molecule has 0 aliphatic rings. The van der Waals surface area contributed by atoms with Crippen molar-refractivity contribution >= 4 is 51.0 Å². The van der Waals surface area contributed by atoms with Crippen LogP contribution in [0.1, 0.15) is 21.5 Å². The molecule has 0 bridgehead atoms. The van der Waals surface area contributed by atoms with E-state index < -0.39 is 0 Å². The highest BCUT2D eigenvalue weighted by Gasteiger charge is 2.24. The van der Waals surface area contributed by atoms with E-state index in [1.807, 2.05) is 85.1 Å². The number of benzene rings is 3.